The summed E-state index contributed by atoms with van der Waals surface area (Å²) in [5.74, 6) is -0.629. The number of aliphatic imine (C=N–C) groups is 1. The summed E-state index contributed by atoms with van der Waals surface area (Å²) in [5.41, 5.74) is 1.57. The van der Waals surface area contributed by atoms with Crippen LogP contribution in [0.3, 0.4) is 0 Å². The van der Waals surface area contributed by atoms with Crippen molar-refractivity contribution in [3.8, 4) is 6.07 Å². The molecule has 0 spiro atoms. The van der Waals surface area contributed by atoms with Gasteiger partial charge in [0.25, 0.3) is 0 Å². The highest BCUT2D eigenvalue weighted by molar-refractivity contribution is 7.11. The van der Waals surface area contributed by atoms with Gasteiger partial charge in [-0.15, -0.1) is 11.3 Å². The van der Waals surface area contributed by atoms with Gasteiger partial charge in [-0.25, -0.2) is 4.39 Å². The maximum atomic E-state index is 12.2. The predicted octanol–water partition coefficient (Wildman–Crippen LogP) is 2.13. The van der Waals surface area contributed by atoms with Gasteiger partial charge in [0.15, 0.2) is 6.67 Å². The lowest BCUT2D eigenvalue weighted by Crippen LogP contribution is -2.01. The number of allylic oxidation sites excluding steroid dienone is 1. The van der Waals surface area contributed by atoms with Crippen LogP contribution in [0.1, 0.15) is 16.0 Å². The number of halogens is 1. The Kier molecular flexibility index (Phi) is 2.93. The molecule has 0 aromatic carbocycles. The van der Waals surface area contributed by atoms with Crippen LogP contribution in [0.2, 0.25) is 0 Å². The molecule has 1 aliphatic heterocycles. The van der Waals surface area contributed by atoms with Gasteiger partial charge < -0.3 is 0 Å². The number of fused-ring (bicyclic) bond motifs is 1. The van der Waals surface area contributed by atoms with Crippen LogP contribution in [-0.2, 0) is 11.2 Å². The monoisotopic (exact) mass is 234 g/mol. The molecule has 1 aromatic rings. The minimum absolute atomic E-state index is 0.118. The number of hydrogen-bond acceptors (Lipinski definition) is 4. The number of thiophene rings is 1. The molecule has 2 heterocycles. The van der Waals surface area contributed by atoms with Crippen LogP contribution in [-0.4, -0.2) is 18.7 Å². The maximum Gasteiger partial charge on any atom is 0.212 e. The number of rotatable bonds is 2. The number of nitriles is 1. The summed E-state index contributed by atoms with van der Waals surface area (Å²) in [5, 5.41) is 10.6. The van der Waals surface area contributed by atoms with E-state index in [-0.39, 0.29) is 5.70 Å². The lowest BCUT2D eigenvalue weighted by molar-refractivity contribution is -0.116. The Morgan fingerprint density at radius 2 is 2.50 bits per heavy atom. The van der Waals surface area contributed by atoms with Gasteiger partial charge in [0.05, 0.1) is 5.56 Å². The Labute approximate surface area is 95.5 Å². The van der Waals surface area contributed by atoms with Gasteiger partial charge in [-0.05, 0) is 11.6 Å². The standard InChI is InChI=1S/C11H7FN2OS/c12-4-10(15)9-3-11-8(1-2-14-9)7(5-13)6-16-11/h2-3,6H,1,4H2. The second kappa shape index (κ2) is 4.37. The molecule has 0 fully saturated rings. The van der Waals surface area contributed by atoms with E-state index >= 15 is 0 Å². The number of carbonyl (C=O) groups excluding carboxylic acids is 1. The van der Waals surface area contributed by atoms with Gasteiger partial charge in [-0.3, -0.25) is 9.79 Å². The second-order valence-corrected chi connectivity index (χ2v) is 4.12. The van der Waals surface area contributed by atoms with Crippen LogP contribution in [0.4, 0.5) is 4.39 Å². The van der Waals surface area contributed by atoms with Crippen molar-refractivity contribution in [2.75, 3.05) is 6.67 Å². The molecule has 0 radical (unpaired) electrons. The molecular formula is C11H7FN2OS. The summed E-state index contributed by atoms with van der Waals surface area (Å²) in [6, 6.07) is 2.08. The molecule has 0 atom stereocenters. The smallest absolute Gasteiger partial charge is 0.212 e. The molecule has 1 aromatic heterocycles. The number of carbonyl (C=O) groups is 1. The minimum Gasteiger partial charge on any atom is -0.289 e. The average Bonchev–Trinajstić information content (AvgIpc) is 2.57. The van der Waals surface area contributed by atoms with E-state index in [2.05, 4.69) is 11.1 Å². The van der Waals surface area contributed by atoms with E-state index in [1.165, 1.54) is 11.3 Å². The Hall–Kier alpha value is -1.80. The molecule has 2 rings (SSSR count). The number of hydrogen-bond donors (Lipinski definition) is 0. The van der Waals surface area contributed by atoms with Gasteiger partial charge >= 0.3 is 0 Å². The van der Waals surface area contributed by atoms with E-state index in [1.807, 2.05) is 0 Å². The Balaban J connectivity index is 2.48. The first kappa shape index (κ1) is 10.7. The first-order valence-corrected chi connectivity index (χ1v) is 5.48. The van der Waals surface area contributed by atoms with Crippen molar-refractivity contribution in [1.82, 2.24) is 0 Å². The average molecular weight is 234 g/mol. The van der Waals surface area contributed by atoms with Crippen molar-refractivity contribution in [3.05, 3.63) is 27.1 Å². The van der Waals surface area contributed by atoms with Crippen LogP contribution in [0, 0.1) is 11.3 Å². The summed E-state index contributed by atoms with van der Waals surface area (Å²) < 4.78 is 12.2. The highest BCUT2D eigenvalue weighted by atomic mass is 32.1. The van der Waals surface area contributed by atoms with Crippen molar-refractivity contribution in [3.63, 3.8) is 0 Å². The first-order chi connectivity index (χ1) is 7.76. The third-order valence-electron chi connectivity index (χ3n) is 2.25. The van der Waals surface area contributed by atoms with E-state index in [9.17, 15) is 9.18 Å². The van der Waals surface area contributed by atoms with Crippen LogP contribution >= 0.6 is 11.3 Å². The molecule has 0 saturated heterocycles. The van der Waals surface area contributed by atoms with Gasteiger partial charge in [0.1, 0.15) is 11.8 Å². The largest absolute Gasteiger partial charge is 0.289 e. The highest BCUT2D eigenvalue weighted by Gasteiger charge is 2.15. The fourth-order valence-corrected chi connectivity index (χ4v) is 2.40. The zero-order chi connectivity index (χ0) is 11.5. The van der Waals surface area contributed by atoms with Crippen molar-refractivity contribution in [2.24, 2.45) is 4.99 Å². The van der Waals surface area contributed by atoms with Gasteiger partial charge in [0.2, 0.25) is 5.78 Å². The van der Waals surface area contributed by atoms with Gasteiger partial charge in [-0.1, -0.05) is 0 Å². The number of ketones is 1. The first-order valence-electron chi connectivity index (χ1n) is 4.60. The molecule has 0 unspecified atom stereocenters. The molecule has 3 nitrogen and oxygen atoms in total. The summed E-state index contributed by atoms with van der Waals surface area (Å²) in [7, 11) is 0. The van der Waals surface area contributed by atoms with Crippen molar-refractivity contribution in [2.45, 2.75) is 6.42 Å². The summed E-state index contributed by atoms with van der Waals surface area (Å²) >= 11 is 1.37. The fraction of sp³-hybridized carbons (Fsp3) is 0.182. The second-order valence-electron chi connectivity index (χ2n) is 3.21. The van der Waals surface area contributed by atoms with Crippen molar-refractivity contribution >= 4 is 29.4 Å². The molecule has 0 saturated carbocycles. The molecule has 1 aliphatic rings. The van der Waals surface area contributed by atoms with Crippen LogP contribution in [0.15, 0.2) is 16.1 Å². The fourth-order valence-electron chi connectivity index (χ4n) is 1.44. The van der Waals surface area contributed by atoms with Gasteiger partial charge in [0, 0.05) is 22.9 Å². The molecule has 80 valence electrons. The lowest BCUT2D eigenvalue weighted by atomic mass is 10.1. The third kappa shape index (κ3) is 1.79. The number of Topliss-reactive ketones (excluding diaryl/α,β-unsaturated/α-hetero) is 1. The van der Waals surface area contributed by atoms with E-state index in [4.69, 9.17) is 5.26 Å². The molecular weight excluding hydrogens is 227 g/mol. The zero-order valence-electron chi connectivity index (χ0n) is 8.24. The van der Waals surface area contributed by atoms with Crippen LogP contribution in [0.25, 0.3) is 6.08 Å². The van der Waals surface area contributed by atoms with E-state index in [0.29, 0.717) is 12.0 Å². The van der Waals surface area contributed by atoms with E-state index < -0.39 is 12.5 Å². The molecule has 0 aliphatic carbocycles. The van der Waals surface area contributed by atoms with E-state index in [0.717, 1.165) is 10.4 Å². The molecule has 0 N–H and O–H groups in total. The Morgan fingerprint density at radius 1 is 1.69 bits per heavy atom. The van der Waals surface area contributed by atoms with Crippen molar-refractivity contribution in [1.29, 1.82) is 5.26 Å². The zero-order valence-corrected chi connectivity index (χ0v) is 9.05. The Bertz CT molecular complexity index is 537. The van der Waals surface area contributed by atoms with Crippen LogP contribution in [0.5, 0.6) is 0 Å². The van der Waals surface area contributed by atoms with Crippen molar-refractivity contribution < 1.29 is 9.18 Å². The minimum atomic E-state index is -1.05. The summed E-state index contributed by atoms with van der Waals surface area (Å²) in [4.78, 5) is 15.9. The maximum absolute atomic E-state index is 12.2. The molecule has 0 amide bonds. The van der Waals surface area contributed by atoms with E-state index in [1.54, 1.807) is 17.7 Å². The number of nitrogens with zero attached hydrogens (tertiary/aromatic N) is 2. The van der Waals surface area contributed by atoms with Gasteiger partial charge in [-0.2, -0.15) is 5.26 Å². The lowest BCUT2D eigenvalue weighted by Gasteiger charge is -1.94. The molecule has 0 bridgehead atoms. The summed E-state index contributed by atoms with van der Waals surface area (Å²) in [6.45, 7) is -1.05. The quantitative estimate of drug-likeness (QED) is 0.787. The topological polar surface area (TPSA) is 53.2 Å². The summed E-state index contributed by atoms with van der Waals surface area (Å²) in [6.07, 6.45) is 3.59. The van der Waals surface area contributed by atoms with Crippen LogP contribution < -0.4 is 0 Å². The number of alkyl halides is 1. The third-order valence-corrected chi connectivity index (χ3v) is 3.22. The Morgan fingerprint density at radius 3 is 3.19 bits per heavy atom. The normalized spacial score (nSPS) is 13.6. The molecule has 5 heteroatoms. The SMILES string of the molecule is N#Cc1csc2c1CC=NC(C(=O)CF)=C2. The highest BCUT2D eigenvalue weighted by Crippen LogP contribution is 2.27. The molecule has 16 heavy (non-hydrogen) atoms. The predicted molar refractivity (Wildman–Crippen MR) is 60.2 cm³/mol.